The van der Waals surface area contributed by atoms with Gasteiger partial charge in [0.05, 0.1) is 0 Å². The zero-order valence-electron chi connectivity index (χ0n) is 15.9. The van der Waals surface area contributed by atoms with Crippen LogP contribution in [0.25, 0.3) is 0 Å². The third-order valence-electron chi connectivity index (χ3n) is 5.42. The molecule has 2 aliphatic heterocycles. The molecule has 2 heterocycles. The molecule has 0 aliphatic carbocycles. The number of para-hydroxylation sites is 1. The van der Waals surface area contributed by atoms with Gasteiger partial charge in [-0.15, -0.1) is 0 Å². The second kappa shape index (κ2) is 7.51. The van der Waals surface area contributed by atoms with Crippen molar-refractivity contribution in [2.75, 3.05) is 19.9 Å². The van der Waals surface area contributed by atoms with E-state index in [9.17, 15) is 4.79 Å². The van der Waals surface area contributed by atoms with Gasteiger partial charge >= 0.3 is 0 Å². The molecule has 1 fully saturated rings. The lowest BCUT2D eigenvalue weighted by Gasteiger charge is -2.17. The molecule has 5 heteroatoms. The molecule has 1 atom stereocenters. The average molecular weight is 387 g/mol. The topological polar surface area (TPSA) is 48.0 Å². The van der Waals surface area contributed by atoms with Crippen LogP contribution in [0.1, 0.15) is 28.3 Å². The van der Waals surface area contributed by atoms with Crippen LogP contribution in [0, 0.1) is 0 Å². The van der Waals surface area contributed by atoms with Gasteiger partial charge in [-0.1, -0.05) is 24.3 Å². The van der Waals surface area contributed by atoms with Crippen LogP contribution >= 0.6 is 0 Å². The molecule has 3 aromatic carbocycles. The first-order chi connectivity index (χ1) is 14.3. The summed E-state index contributed by atoms with van der Waals surface area (Å²) < 4.78 is 16.7. The smallest absolute Gasteiger partial charge is 0.253 e. The Morgan fingerprint density at radius 2 is 1.66 bits per heavy atom. The SMILES string of the molecule is O=C(c1ccc(Oc2ccccc2)cc1)N1CCC(c2ccc3c(c2)OCO3)C1. The highest BCUT2D eigenvalue weighted by molar-refractivity contribution is 5.94. The highest BCUT2D eigenvalue weighted by Crippen LogP contribution is 2.37. The van der Waals surface area contributed by atoms with Gasteiger partial charge in [-0.25, -0.2) is 0 Å². The van der Waals surface area contributed by atoms with Crippen LogP contribution in [0.4, 0.5) is 0 Å². The molecule has 146 valence electrons. The second-order valence-electron chi connectivity index (χ2n) is 7.29. The van der Waals surface area contributed by atoms with Crippen molar-refractivity contribution >= 4 is 5.91 Å². The first-order valence-corrected chi connectivity index (χ1v) is 9.78. The molecule has 0 saturated carbocycles. The fourth-order valence-corrected chi connectivity index (χ4v) is 3.86. The van der Waals surface area contributed by atoms with Crippen LogP contribution in [0.3, 0.4) is 0 Å². The lowest BCUT2D eigenvalue weighted by atomic mass is 9.98. The molecule has 1 amide bonds. The zero-order chi connectivity index (χ0) is 19.6. The van der Waals surface area contributed by atoms with Crippen LogP contribution in [0.2, 0.25) is 0 Å². The Kier molecular flexibility index (Phi) is 4.56. The van der Waals surface area contributed by atoms with Crippen molar-refractivity contribution < 1.29 is 19.0 Å². The molecule has 3 aromatic rings. The van der Waals surface area contributed by atoms with Gasteiger partial charge in [0.25, 0.3) is 5.91 Å². The van der Waals surface area contributed by atoms with Gasteiger partial charge in [0, 0.05) is 24.6 Å². The highest BCUT2D eigenvalue weighted by Gasteiger charge is 2.29. The Labute approximate surface area is 169 Å². The van der Waals surface area contributed by atoms with Gasteiger partial charge in [-0.05, 0) is 60.5 Å². The van der Waals surface area contributed by atoms with E-state index in [1.165, 1.54) is 5.56 Å². The minimum Gasteiger partial charge on any atom is -0.457 e. The normalized spacial score (nSPS) is 17.4. The fourth-order valence-electron chi connectivity index (χ4n) is 3.86. The first-order valence-electron chi connectivity index (χ1n) is 9.78. The van der Waals surface area contributed by atoms with E-state index in [0.29, 0.717) is 23.8 Å². The molecule has 1 saturated heterocycles. The van der Waals surface area contributed by atoms with Crippen molar-refractivity contribution in [3.05, 3.63) is 83.9 Å². The maximum absolute atomic E-state index is 12.9. The number of hydrogen-bond donors (Lipinski definition) is 0. The Morgan fingerprint density at radius 1 is 0.897 bits per heavy atom. The Balaban J connectivity index is 1.24. The minimum atomic E-state index is 0.0551. The van der Waals surface area contributed by atoms with Crippen LogP contribution in [-0.4, -0.2) is 30.7 Å². The average Bonchev–Trinajstić information content (AvgIpc) is 3.44. The number of ether oxygens (including phenoxy) is 3. The number of likely N-dealkylation sites (tertiary alicyclic amines) is 1. The summed E-state index contributed by atoms with van der Waals surface area (Å²) in [5.74, 6) is 3.44. The number of nitrogens with zero attached hydrogens (tertiary/aromatic N) is 1. The van der Waals surface area contributed by atoms with Gasteiger partial charge in [0.2, 0.25) is 6.79 Å². The Bertz CT molecular complexity index is 1020. The summed E-state index contributed by atoms with van der Waals surface area (Å²) in [6.45, 7) is 1.74. The van der Waals surface area contributed by atoms with E-state index in [1.807, 2.05) is 71.6 Å². The van der Waals surface area contributed by atoms with E-state index >= 15 is 0 Å². The fraction of sp³-hybridized carbons (Fsp3) is 0.208. The van der Waals surface area contributed by atoms with Crippen molar-refractivity contribution in [3.63, 3.8) is 0 Å². The molecule has 29 heavy (non-hydrogen) atoms. The summed E-state index contributed by atoms with van der Waals surface area (Å²) >= 11 is 0. The van der Waals surface area contributed by atoms with E-state index in [-0.39, 0.29) is 12.7 Å². The van der Waals surface area contributed by atoms with Crippen molar-refractivity contribution in [1.82, 2.24) is 4.90 Å². The molecule has 0 N–H and O–H groups in total. The lowest BCUT2D eigenvalue weighted by Crippen LogP contribution is -2.28. The number of fused-ring (bicyclic) bond motifs is 1. The van der Waals surface area contributed by atoms with Gasteiger partial charge < -0.3 is 19.1 Å². The first kappa shape index (κ1) is 17.6. The monoisotopic (exact) mass is 387 g/mol. The van der Waals surface area contributed by atoms with Crippen LogP contribution < -0.4 is 14.2 Å². The van der Waals surface area contributed by atoms with Crippen molar-refractivity contribution in [3.8, 4) is 23.0 Å². The lowest BCUT2D eigenvalue weighted by molar-refractivity contribution is 0.0791. The number of amides is 1. The van der Waals surface area contributed by atoms with Crippen LogP contribution in [-0.2, 0) is 0 Å². The molecule has 1 unspecified atom stereocenters. The molecule has 5 rings (SSSR count). The third kappa shape index (κ3) is 3.63. The predicted octanol–water partition coefficient (Wildman–Crippen LogP) is 4.84. The molecule has 0 radical (unpaired) electrons. The maximum atomic E-state index is 12.9. The van der Waals surface area contributed by atoms with Crippen molar-refractivity contribution in [2.24, 2.45) is 0 Å². The molecule has 0 spiro atoms. The summed E-state index contributed by atoms with van der Waals surface area (Å²) in [5.41, 5.74) is 1.87. The molecule has 5 nitrogen and oxygen atoms in total. The third-order valence-corrected chi connectivity index (χ3v) is 5.42. The highest BCUT2D eigenvalue weighted by atomic mass is 16.7. The van der Waals surface area contributed by atoms with Gasteiger partial charge in [0.1, 0.15) is 11.5 Å². The van der Waals surface area contributed by atoms with Gasteiger partial charge in [-0.3, -0.25) is 4.79 Å². The van der Waals surface area contributed by atoms with Gasteiger partial charge in [-0.2, -0.15) is 0 Å². The van der Waals surface area contributed by atoms with E-state index in [0.717, 1.165) is 30.2 Å². The maximum Gasteiger partial charge on any atom is 0.253 e. The largest absolute Gasteiger partial charge is 0.457 e. The summed E-state index contributed by atoms with van der Waals surface area (Å²) in [6.07, 6.45) is 0.945. The Hall–Kier alpha value is -3.47. The van der Waals surface area contributed by atoms with Crippen LogP contribution in [0.5, 0.6) is 23.0 Å². The summed E-state index contributed by atoms with van der Waals surface area (Å²) in [5, 5.41) is 0. The van der Waals surface area contributed by atoms with E-state index in [2.05, 4.69) is 6.07 Å². The predicted molar refractivity (Wildman–Crippen MR) is 109 cm³/mol. The van der Waals surface area contributed by atoms with E-state index in [1.54, 1.807) is 0 Å². The number of rotatable bonds is 4. The number of benzene rings is 3. The summed E-state index contributed by atoms with van der Waals surface area (Å²) in [7, 11) is 0. The number of carbonyl (C=O) groups is 1. The summed E-state index contributed by atoms with van der Waals surface area (Å²) in [6, 6.07) is 23.0. The van der Waals surface area contributed by atoms with E-state index in [4.69, 9.17) is 14.2 Å². The summed E-state index contributed by atoms with van der Waals surface area (Å²) in [4.78, 5) is 14.8. The molecule has 0 aromatic heterocycles. The van der Waals surface area contributed by atoms with E-state index < -0.39 is 0 Å². The molecule has 2 aliphatic rings. The quantitative estimate of drug-likeness (QED) is 0.643. The standard InChI is InChI=1S/C24H21NO4/c26-24(17-6-9-21(10-7-17)29-20-4-2-1-3-5-20)25-13-12-19(15-25)18-8-11-22-23(14-18)28-16-27-22/h1-11,14,19H,12-13,15-16H2. The second-order valence-corrected chi connectivity index (χ2v) is 7.29. The molecule has 0 bridgehead atoms. The molecular formula is C24H21NO4. The van der Waals surface area contributed by atoms with Gasteiger partial charge in [0.15, 0.2) is 11.5 Å². The zero-order valence-corrected chi connectivity index (χ0v) is 15.9. The van der Waals surface area contributed by atoms with Crippen LogP contribution in [0.15, 0.2) is 72.8 Å². The number of carbonyl (C=O) groups excluding carboxylic acids is 1. The minimum absolute atomic E-state index is 0.0551. The number of hydrogen-bond acceptors (Lipinski definition) is 4. The Morgan fingerprint density at radius 3 is 2.48 bits per heavy atom. The van der Waals surface area contributed by atoms with Crippen molar-refractivity contribution in [2.45, 2.75) is 12.3 Å². The van der Waals surface area contributed by atoms with Crippen molar-refractivity contribution in [1.29, 1.82) is 0 Å². The molecular weight excluding hydrogens is 366 g/mol.